The zero-order valence-electron chi connectivity index (χ0n) is 14.0. The van der Waals surface area contributed by atoms with E-state index in [0.29, 0.717) is 11.7 Å². The zero-order chi connectivity index (χ0) is 18.7. The van der Waals surface area contributed by atoms with Crippen molar-refractivity contribution in [1.82, 2.24) is 25.4 Å². The first-order valence-electron chi connectivity index (χ1n) is 7.82. The molecule has 0 saturated carbocycles. The maximum absolute atomic E-state index is 12.6. The third-order valence-corrected chi connectivity index (χ3v) is 4.14. The smallest absolute Gasteiger partial charge is 0.272 e. The van der Waals surface area contributed by atoms with Gasteiger partial charge >= 0.3 is 0 Å². The van der Waals surface area contributed by atoms with E-state index in [0.717, 1.165) is 5.56 Å². The van der Waals surface area contributed by atoms with Crippen LogP contribution in [-0.4, -0.2) is 26.0 Å². The molecule has 0 spiro atoms. The summed E-state index contributed by atoms with van der Waals surface area (Å²) in [7, 11) is 0. The second-order valence-corrected chi connectivity index (χ2v) is 6.65. The lowest BCUT2D eigenvalue weighted by Gasteiger charge is -2.18. The topological polar surface area (TPSA) is 93.8 Å². The van der Waals surface area contributed by atoms with Crippen LogP contribution >= 0.6 is 23.2 Å². The maximum atomic E-state index is 12.6. The number of halogens is 2. The second kappa shape index (κ2) is 7.80. The first-order chi connectivity index (χ1) is 12.5. The number of nitrogens with zero attached hydrogens (tertiary/aromatic N) is 4. The molecule has 0 aliphatic heterocycles. The standard InChI is InChI=1S/C17H15Cl2N5O2/c1-9(2)13(22-16(25)14-11(18)3-4-12(19)21-14)17-23-15(24-26-17)10-5-7-20-8-6-10/h3-9,13H,1-2H3,(H,22,25). The Labute approximate surface area is 159 Å². The van der Waals surface area contributed by atoms with Crippen LogP contribution in [0, 0.1) is 5.92 Å². The average Bonchev–Trinajstić information content (AvgIpc) is 3.11. The van der Waals surface area contributed by atoms with E-state index < -0.39 is 11.9 Å². The van der Waals surface area contributed by atoms with E-state index in [-0.39, 0.29) is 21.8 Å². The fraction of sp³-hybridized carbons (Fsp3) is 0.235. The van der Waals surface area contributed by atoms with Crippen LogP contribution < -0.4 is 5.32 Å². The van der Waals surface area contributed by atoms with Crippen LogP contribution in [0.3, 0.4) is 0 Å². The van der Waals surface area contributed by atoms with Gasteiger partial charge < -0.3 is 9.84 Å². The van der Waals surface area contributed by atoms with E-state index in [9.17, 15) is 4.79 Å². The molecule has 3 rings (SSSR count). The van der Waals surface area contributed by atoms with Crippen molar-refractivity contribution in [3.8, 4) is 11.4 Å². The number of carbonyl (C=O) groups is 1. The molecule has 3 aromatic rings. The van der Waals surface area contributed by atoms with Crippen LogP contribution in [0.25, 0.3) is 11.4 Å². The highest BCUT2D eigenvalue weighted by atomic mass is 35.5. The van der Waals surface area contributed by atoms with E-state index in [2.05, 4.69) is 25.4 Å². The third-order valence-electron chi connectivity index (χ3n) is 3.63. The number of hydrogen-bond donors (Lipinski definition) is 1. The Morgan fingerprint density at radius 3 is 2.54 bits per heavy atom. The molecular weight excluding hydrogens is 377 g/mol. The van der Waals surface area contributed by atoms with E-state index in [1.807, 2.05) is 13.8 Å². The number of carbonyl (C=O) groups excluding carboxylic acids is 1. The van der Waals surface area contributed by atoms with Crippen LogP contribution in [0.2, 0.25) is 10.2 Å². The van der Waals surface area contributed by atoms with Crippen molar-refractivity contribution in [3.05, 3.63) is 58.4 Å². The third kappa shape index (κ3) is 4.00. The molecule has 0 aliphatic carbocycles. The predicted octanol–water partition coefficient (Wildman–Crippen LogP) is 3.96. The zero-order valence-corrected chi connectivity index (χ0v) is 15.5. The molecule has 3 aromatic heterocycles. The largest absolute Gasteiger partial charge is 0.339 e. The highest BCUT2D eigenvalue weighted by molar-refractivity contribution is 6.34. The number of hydrogen-bond acceptors (Lipinski definition) is 6. The summed E-state index contributed by atoms with van der Waals surface area (Å²) in [6.45, 7) is 3.85. The fourth-order valence-electron chi connectivity index (χ4n) is 2.28. The molecule has 1 amide bonds. The second-order valence-electron chi connectivity index (χ2n) is 5.85. The van der Waals surface area contributed by atoms with Gasteiger partial charge in [-0.05, 0) is 30.2 Å². The van der Waals surface area contributed by atoms with Gasteiger partial charge in [0.1, 0.15) is 16.9 Å². The van der Waals surface area contributed by atoms with E-state index in [1.165, 1.54) is 12.1 Å². The molecule has 1 atom stereocenters. The van der Waals surface area contributed by atoms with E-state index >= 15 is 0 Å². The SMILES string of the molecule is CC(C)C(NC(=O)c1nc(Cl)ccc1Cl)c1nc(-c2ccncc2)no1. The molecule has 0 aliphatic rings. The minimum absolute atomic E-state index is 0.0114. The van der Waals surface area contributed by atoms with Crippen LogP contribution in [0.15, 0.2) is 41.2 Å². The molecule has 7 nitrogen and oxygen atoms in total. The van der Waals surface area contributed by atoms with Crippen molar-refractivity contribution >= 4 is 29.1 Å². The molecule has 0 radical (unpaired) electrons. The van der Waals surface area contributed by atoms with Gasteiger partial charge in [0.2, 0.25) is 11.7 Å². The van der Waals surface area contributed by atoms with Gasteiger partial charge in [-0.25, -0.2) is 4.98 Å². The summed E-state index contributed by atoms with van der Waals surface area (Å²) in [4.78, 5) is 24.9. The van der Waals surface area contributed by atoms with Crippen molar-refractivity contribution in [2.75, 3.05) is 0 Å². The molecule has 0 bridgehead atoms. The molecule has 26 heavy (non-hydrogen) atoms. The molecular formula is C17H15Cl2N5O2. The first-order valence-corrected chi connectivity index (χ1v) is 8.58. The predicted molar refractivity (Wildman–Crippen MR) is 96.8 cm³/mol. The van der Waals surface area contributed by atoms with Gasteiger partial charge in [0.25, 0.3) is 5.91 Å². The highest BCUT2D eigenvalue weighted by Gasteiger charge is 2.26. The Hall–Kier alpha value is -2.51. The Balaban J connectivity index is 1.85. The average molecular weight is 392 g/mol. The molecule has 0 aromatic carbocycles. The van der Waals surface area contributed by atoms with E-state index in [1.54, 1.807) is 24.5 Å². The monoisotopic (exact) mass is 391 g/mol. The van der Waals surface area contributed by atoms with Crippen LogP contribution in [0.5, 0.6) is 0 Å². The van der Waals surface area contributed by atoms with Crippen molar-refractivity contribution in [2.24, 2.45) is 5.92 Å². The summed E-state index contributed by atoms with van der Waals surface area (Å²) in [5.41, 5.74) is 0.807. The molecule has 1 N–H and O–H groups in total. The summed E-state index contributed by atoms with van der Waals surface area (Å²) in [5, 5.41) is 7.19. The van der Waals surface area contributed by atoms with Gasteiger partial charge in [-0.2, -0.15) is 4.98 Å². The van der Waals surface area contributed by atoms with Crippen molar-refractivity contribution in [1.29, 1.82) is 0 Å². The quantitative estimate of drug-likeness (QED) is 0.661. The summed E-state index contributed by atoms with van der Waals surface area (Å²) >= 11 is 11.9. The molecule has 134 valence electrons. The normalized spacial score (nSPS) is 12.2. The number of rotatable bonds is 5. The number of aromatic nitrogens is 4. The van der Waals surface area contributed by atoms with Crippen molar-refractivity contribution in [3.63, 3.8) is 0 Å². The highest BCUT2D eigenvalue weighted by Crippen LogP contribution is 2.25. The Morgan fingerprint density at radius 2 is 1.85 bits per heavy atom. The van der Waals surface area contributed by atoms with Gasteiger partial charge in [-0.15, -0.1) is 0 Å². The van der Waals surface area contributed by atoms with Crippen molar-refractivity contribution in [2.45, 2.75) is 19.9 Å². The van der Waals surface area contributed by atoms with Crippen molar-refractivity contribution < 1.29 is 9.32 Å². The lowest BCUT2D eigenvalue weighted by atomic mass is 10.0. The molecule has 0 fully saturated rings. The summed E-state index contributed by atoms with van der Waals surface area (Å²) in [6.07, 6.45) is 3.28. The minimum Gasteiger partial charge on any atom is -0.339 e. The number of amides is 1. The minimum atomic E-state index is -0.512. The summed E-state index contributed by atoms with van der Waals surface area (Å²) in [5.74, 6) is 0.224. The molecule has 3 heterocycles. The lowest BCUT2D eigenvalue weighted by Crippen LogP contribution is -2.32. The Kier molecular flexibility index (Phi) is 5.49. The van der Waals surface area contributed by atoms with Crippen LogP contribution in [0.4, 0.5) is 0 Å². The molecule has 9 heteroatoms. The van der Waals surface area contributed by atoms with Crippen LogP contribution in [-0.2, 0) is 0 Å². The van der Waals surface area contributed by atoms with Gasteiger partial charge in [0, 0.05) is 18.0 Å². The molecule has 1 unspecified atom stereocenters. The van der Waals surface area contributed by atoms with Crippen LogP contribution in [0.1, 0.15) is 36.3 Å². The first kappa shape index (κ1) is 18.3. The maximum Gasteiger partial charge on any atom is 0.272 e. The number of nitrogens with one attached hydrogen (secondary N) is 1. The van der Waals surface area contributed by atoms with Gasteiger partial charge in [-0.3, -0.25) is 9.78 Å². The summed E-state index contributed by atoms with van der Waals surface area (Å²) < 4.78 is 5.36. The Bertz CT molecular complexity index is 915. The van der Waals surface area contributed by atoms with E-state index in [4.69, 9.17) is 27.7 Å². The lowest BCUT2D eigenvalue weighted by molar-refractivity contribution is 0.0909. The summed E-state index contributed by atoms with van der Waals surface area (Å²) in [6, 6.07) is 6.06. The molecule has 0 saturated heterocycles. The fourth-order valence-corrected chi connectivity index (χ4v) is 2.62. The van der Waals surface area contributed by atoms with Gasteiger partial charge in [0.05, 0.1) is 5.02 Å². The Morgan fingerprint density at radius 1 is 1.12 bits per heavy atom. The van der Waals surface area contributed by atoms with Gasteiger partial charge in [-0.1, -0.05) is 42.2 Å². The van der Waals surface area contributed by atoms with Gasteiger partial charge in [0.15, 0.2) is 0 Å². The number of pyridine rings is 2.